The van der Waals surface area contributed by atoms with E-state index in [-0.39, 0.29) is 12.0 Å². The first kappa shape index (κ1) is 15.3. The van der Waals surface area contributed by atoms with Gasteiger partial charge in [0.25, 0.3) is 0 Å². The summed E-state index contributed by atoms with van der Waals surface area (Å²) in [5.74, 6) is -0.468. The first-order valence-electron chi connectivity index (χ1n) is 7.20. The number of para-hydroxylation sites is 1. The van der Waals surface area contributed by atoms with Crippen LogP contribution in [0.3, 0.4) is 0 Å². The average molecular weight is 328 g/mol. The van der Waals surface area contributed by atoms with Crippen molar-refractivity contribution in [2.45, 2.75) is 6.92 Å². The molecule has 0 radical (unpaired) electrons. The molecular weight excluding hydrogens is 314 g/mol. The SMILES string of the molecule is CCOC(=O)c1cccc2c(=O)cc(-c3ccccc3Cl)[nH]c12. The van der Waals surface area contributed by atoms with Gasteiger partial charge < -0.3 is 9.72 Å². The molecule has 4 nitrogen and oxygen atoms in total. The summed E-state index contributed by atoms with van der Waals surface area (Å²) in [5, 5.41) is 0.961. The van der Waals surface area contributed by atoms with Gasteiger partial charge >= 0.3 is 5.97 Å². The molecule has 0 amide bonds. The van der Waals surface area contributed by atoms with Crippen molar-refractivity contribution >= 4 is 28.5 Å². The van der Waals surface area contributed by atoms with E-state index in [2.05, 4.69) is 4.98 Å². The van der Waals surface area contributed by atoms with Gasteiger partial charge in [0.15, 0.2) is 5.43 Å². The van der Waals surface area contributed by atoms with Crippen LogP contribution in [-0.2, 0) is 4.74 Å². The number of benzene rings is 2. The van der Waals surface area contributed by atoms with Crippen LogP contribution in [0.15, 0.2) is 53.3 Å². The third-order valence-corrected chi connectivity index (χ3v) is 3.85. The van der Waals surface area contributed by atoms with Gasteiger partial charge in [-0.3, -0.25) is 4.79 Å². The number of carbonyl (C=O) groups excluding carboxylic acids is 1. The van der Waals surface area contributed by atoms with Crippen LogP contribution in [0.5, 0.6) is 0 Å². The van der Waals surface area contributed by atoms with Gasteiger partial charge in [0.2, 0.25) is 0 Å². The molecule has 0 aliphatic carbocycles. The number of esters is 1. The highest BCUT2D eigenvalue weighted by atomic mass is 35.5. The maximum atomic E-state index is 12.4. The summed E-state index contributed by atoms with van der Waals surface area (Å²) < 4.78 is 5.06. The van der Waals surface area contributed by atoms with Gasteiger partial charge in [0, 0.05) is 22.0 Å². The number of carbonyl (C=O) groups is 1. The lowest BCUT2D eigenvalue weighted by Crippen LogP contribution is -2.10. The minimum atomic E-state index is -0.468. The molecule has 2 aromatic carbocycles. The standard InChI is InChI=1S/C18H14ClNO3/c1-2-23-18(22)13-8-5-7-12-16(21)10-15(20-17(12)13)11-6-3-4-9-14(11)19/h3-10H,2H2,1H3,(H,20,21). The summed E-state index contributed by atoms with van der Waals surface area (Å²) in [6.07, 6.45) is 0. The van der Waals surface area contributed by atoms with Crippen LogP contribution in [0, 0.1) is 0 Å². The second-order valence-corrected chi connectivity index (χ2v) is 5.38. The van der Waals surface area contributed by atoms with Crippen molar-refractivity contribution in [2.24, 2.45) is 0 Å². The highest BCUT2D eigenvalue weighted by molar-refractivity contribution is 6.33. The third kappa shape index (κ3) is 2.85. The Morgan fingerprint density at radius 3 is 2.70 bits per heavy atom. The molecule has 0 unspecified atom stereocenters. The Labute approximate surface area is 137 Å². The number of pyridine rings is 1. The molecule has 0 saturated carbocycles. The molecule has 0 aliphatic heterocycles. The van der Waals surface area contributed by atoms with Gasteiger partial charge in [-0.15, -0.1) is 0 Å². The Bertz CT molecular complexity index is 946. The Kier molecular flexibility index (Phi) is 4.17. The van der Waals surface area contributed by atoms with E-state index in [9.17, 15) is 9.59 Å². The predicted molar refractivity (Wildman–Crippen MR) is 91.0 cm³/mol. The normalized spacial score (nSPS) is 10.7. The number of rotatable bonds is 3. The van der Waals surface area contributed by atoms with E-state index in [1.807, 2.05) is 18.2 Å². The molecular formula is C18H14ClNO3. The van der Waals surface area contributed by atoms with Crippen molar-refractivity contribution in [2.75, 3.05) is 6.61 Å². The number of hydrogen-bond acceptors (Lipinski definition) is 3. The van der Waals surface area contributed by atoms with Gasteiger partial charge in [-0.1, -0.05) is 35.9 Å². The second kappa shape index (κ2) is 6.26. The number of ether oxygens (including phenoxy) is 1. The number of nitrogens with one attached hydrogen (secondary N) is 1. The number of aromatic nitrogens is 1. The van der Waals surface area contributed by atoms with Crippen LogP contribution in [0.25, 0.3) is 22.2 Å². The van der Waals surface area contributed by atoms with Crippen LogP contribution >= 0.6 is 11.6 Å². The number of hydrogen-bond donors (Lipinski definition) is 1. The molecule has 0 spiro atoms. The van der Waals surface area contributed by atoms with Crippen molar-refractivity contribution in [3.05, 3.63) is 69.3 Å². The molecule has 3 rings (SSSR count). The molecule has 0 aliphatic rings. The van der Waals surface area contributed by atoms with Crippen LogP contribution < -0.4 is 5.43 Å². The molecule has 0 bridgehead atoms. The summed E-state index contributed by atoms with van der Waals surface area (Å²) in [6.45, 7) is 2.00. The smallest absolute Gasteiger partial charge is 0.340 e. The Morgan fingerprint density at radius 1 is 1.17 bits per heavy atom. The van der Waals surface area contributed by atoms with E-state index in [1.165, 1.54) is 6.07 Å². The van der Waals surface area contributed by atoms with Gasteiger partial charge in [0.1, 0.15) is 0 Å². The fourth-order valence-electron chi connectivity index (χ4n) is 2.48. The Morgan fingerprint density at radius 2 is 1.96 bits per heavy atom. The summed E-state index contributed by atoms with van der Waals surface area (Å²) in [5.41, 5.74) is 1.86. The van der Waals surface area contributed by atoms with E-state index < -0.39 is 5.97 Å². The molecule has 1 N–H and O–H groups in total. The van der Waals surface area contributed by atoms with E-state index in [4.69, 9.17) is 16.3 Å². The monoisotopic (exact) mass is 327 g/mol. The van der Waals surface area contributed by atoms with Crippen molar-refractivity contribution in [3.8, 4) is 11.3 Å². The first-order chi connectivity index (χ1) is 11.1. The van der Waals surface area contributed by atoms with Gasteiger partial charge in [-0.25, -0.2) is 4.79 Å². The predicted octanol–water partition coefficient (Wildman–Crippen LogP) is 4.03. The minimum absolute atomic E-state index is 0.181. The first-order valence-corrected chi connectivity index (χ1v) is 7.57. The summed E-state index contributed by atoms with van der Waals surface area (Å²) in [6, 6.07) is 13.7. The highest BCUT2D eigenvalue weighted by Gasteiger charge is 2.14. The maximum absolute atomic E-state index is 12.4. The molecule has 1 heterocycles. The molecule has 0 atom stereocenters. The Balaban J connectivity index is 2.28. The number of H-pyrrole nitrogens is 1. The zero-order chi connectivity index (χ0) is 16.4. The molecule has 116 valence electrons. The quantitative estimate of drug-likeness (QED) is 0.739. The van der Waals surface area contributed by atoms with E-state index in [1.54, 1.807) is 31.2 Å². The zero-order valence-corrected chi connectivity index (χ0v) is 13.2. The lowest BCUT2D eigenvalue weighted by atomic mass is 10.1. The molecule has 0 fully saturated rings. The van der Waals surface area contributed by atoms with E-state index in [0.717, 1.165) is 0 Å². The number of fused-ring (bicyclic) bond motifs is 1. The van der Waals surface area contributed by atoms with Crippen molar-refractivity contribution < 1.29 is 9.53 Å². The Hall–Kier alpha value is -2.59. The van der Waals surface area contributed by atoms with Gasteiger partial charge in [-0.2, -0.15) is 0 Å². The highest BCUT2D eigenvalue weighted by Crippen LogP contribution is 2.27. The zero-order valence-electron chi connectivity index (χ0n) is 12.4. The lowest BCUT2D eigenvalue weighted by Gasteiger charge is -2.09. The lowest BCUT2D eigenvalue weighted by molar-refractivity contribution is 0.0528. The van der Waals surface area contributed by atoms with Crippen LogP contribution in [0.1, 0.15) is 17.3 Å². The van der Waals surface area contributed by atoms with Crippen molar-refractivity contribution in [1.82, 2.24) is 4.98 Å². The topological polar surface area (TPSA) is 59.2 Å². The van der Waals surface area contributed by atoms with Crippen LogP contribution in [0.4, 0.5) is 0 Å². The molecule has 3 aromatic rings. The molecule has 5 heteroatoms. The fraction of sp³-hybridized carbons (Fsp3) is 0.111. The average Bonchev–Trinajstić information content (AvgIpc) is 2.55. The molecule has 23 heavy (non-hydrogen) atoms. The maximum Gasteiger partial charge on any atom is 0.340 e. The second-order valence-electron chi connectivity index (χ2n) is 4.98. The summed E-state index contributed by atoms with van der Waals surface area (Å²) >= 11 is 6.20. The van der Waals surface area contributed by atoms with Crippen molar-refractivity contribution in [3.63, 3.8) is 0 Å². The third-order valence-electron chi connectivity index (χ3n) is 3.52. The van der Waals surface area contributed by atoms with E-state index in [0.29, 0.717) is 32.7 Å². The molecule has 0 saturated heterocycles. The minimum Gasteiger partial charge on any atom is -0.462 e. The van der Waals surface area contributed by atoms with Gasteiger partial charge in [-0.05, 0) is 25.1 Å². The molecule has 1 aromatic heterocycles. The fourth-order valence-corrected chi connectivity index (χ4v) is 2.71. The largest absolute Gasteiger partial charge is 0.462 e. The van der Waals surface area contributed by atoms with Crippen molar-refractivity contribution in [1.29, 1.82) is 0 Å². The summed E-state index contributed by atoms with van der Waals surface area (Å²) in [4.78, 5) is 27.7. The number of halogens is 1. The van der Waals surface area contributed by atoms with Gasteiger partial charge in [0.05, 0.1) is 23.4 Å². The number of aromatic amines is 1. The van der Waals surface area contributed by atoms with Crippen LogP contribution in [0.2, 0.25) is 5.02 Å². The van der Waals surface area contributed by atoms with E-state index >= 15 is 0 Å². The van der Waals surface area contributed by atoms with Crippen LogP contribution in [-0.4, -0.2) is 17.6 Å². The summed E-state index contributed by atoms with van der Waals surface area (Å²) in [7, 11) is 0.